The highest BCUT2D eigenvalue weighted by molar-refractivity contribution is 6.29. The average molecular weight is 285 g/mol. The normalized spacial score (nSPS) is 13.4. The van der Waals surface area contributed by atoms with Crippen molar-refractivity contribution in [1.82, 2.24) is 0 Å². The first-order valence-electron chi connectivity index (χ1n) is 6.33. The topological polar surface area (TPSA) is 38.7 Å². The van der Waals surface area contributed by atoms with Gasteiger partial charge in [0, 0.05) is 11.6 Å². The Hall–Kier alpha value is -1.03. The summed E-state index contributed by atoms with van der Waals surface area (Å²) in [5.41, 5.74) is 1.08. The van der Waals surface area contributed by atoms with Gasteiger partial charge in [-0.15, -0.1) is 0 Å². The Balaban J connectivity index is 2.47. The number of hydrogen-bond donors (Lipinski definition) is 1. The SMILES string of the molecule is COc1ccc(CO[C@@H](CC=C(C)Cl)CCO)cc1. The lowest BCUT2D eigenvalue weighted by Crippen LogP contribution is -2.14. The van der Waals surface area contributed by atoms with Crippen LogP contribution in [0.2, 0.25) is 0 Å². The van der Waals surface area contributed by atoms with Gasteiger partial charge in [-0.3, -0.25) is 0 Å². The second-order valence-electron chi connectivity index (χ2n) is 4.32. The van der Waals surface area contributed by atoms with Crippen LogP contribution in [0.4, 0.5) is 0 Å². The lowest BCUT2D eigenvalue weighted by atomic mass is 10.1. The summed E-state index contributed by atoms with van der Waals surface area (Å²) in [7, 11) is 1.64. The van der Waals surface area contributed by atoms with Crippen LogP contribution in [0.1, 0.15) is 25.3 Å². The van der Waals surface area contributed by atoms with E-state index >= 15 is 0 Å². The molecular weight excluding hydrogens is 264 g/mol. The molecule has 106 valence electrons. The van der Waals surface area contributed by atoms with Crippen molar-refractivity contribution in [1.29, 1.82) is 0 Å². The van der Waals surface area contributed by atoms with Gasteiger partial charge in [0.05, 0.1) is 19.8 Å². The number of hydrogen-bond acceptors (Lipinski definition) is 3. The predicted molar refractivity (Wildman–Crippen MR) is 77.5 cm³/mol. The Morgan fingerprint density at radius 2 is 2.05 bits per heavy atom. The quantitative estimate of drug-likeness (QED) is 0.794. The van der Waals surface area contributed by atoms with Gasteiger partial charge >= 0.3 is 0 Å². The number of halogens is 1. The second-order valence-corrected chi connectivity index (χ2v) is 4.92. The van der Waals surface area contributed by atoms with Gasteiger partial charge in [0.1, 0.15) is 5.75 Å². The van der Waals surface area contributed by atoms with E-state index in [0.29, 0.717) is 19.4 Å². The fraction of sp³-hybridized carbons (Fsp3) is 0.467. The summed E-state index contributed by atoms with van der Waals surface area (Å²) in [4.78, 5) is 0. The molecule has 0 aromatic heterocycles. The molecule has 1 aromatic rings. The van der Waals surface area contributed by atoms with Gasteiger partial charge in [0.15, 0.2) is 0 Å². The molecule has 1 rings (SSSR count). The fourth-order valence-electron chi connectivity index (χ4n) is 1.64. The summed E-state index contributed by atoms with van der Waals surface area (Å²) in [6.45, 7) is 2.47. The van der Waals surface area contributed by atoms with Crippen LogP contribution in [0.25, 0.3) is 0 Å². The molecule has 3 nitrogen and oxygen atoms in total. The molecule has 0 fully saturated rings. The molecule has 0 aliphatic heterocycles. The number of rotatable bonds is 8. The van der Waals surface area contributed by atoms with E-state index in [4.69, 9.17) is 26.2 Å². The van der Waals surface area contributed by atoms with Crippen LogP contribution < -0.4 is 4.74 Å². The van der Waals surface area contributed by atoms with Gasteiger partial charge < -0.3 is 14.6 Å². The van der Waals surface area contributed by atoms with Crippen molar-refractivity contribution in [3.05, 3.63) is 40.9 Å². The Kier molecular flexibility index (Phi) is 7.56. The lowest BCUT2D eigenvalue weighted by molar-refractivity contribution is 0.0261. The molecule has 0 heterocycles. The third-order valence-electron chi connectivity index (χ3n) is 2.76. The highest BCUT2D eigenvalue weighted by Crippen LogP contribution is 2.15. The first-order valence-corrected chi connectivity index (χ1v) is 6.71. The van der Waals surface area contributed by atoms with E-state index in [2.05, 4.69) is 0 Å². The summed E-state index contributed by atoms with van der Waals surface area (Å²) in [5.74, 6) is 0.830. The minimum atomic E-state index is -0.0131. The third-order valence-corrected chi connectivity index (χ3v) is 2.91. The Morgan fingerprint density at radius 3 is 2.58 bits per heavy atom. The molecule has 0 amide bonds. The smallest absolute Gasteiger partial charge is 0.118 e. The zero-order chi connectivity index (χ0) is 14.1. The van der Waals surface area contributed by atoms with Gasteiger partial charge in [0.2, 0.25) is 0 Å². The highest BCUT2D eigenvalue weighted by Gasteiger charge is 2.07. The number of aliphatic hydroxyl groups is 1. The number of benzene rings is 1. The monoisotopic (exact) mass is 284 g/mol. The largest absolute Gasteiger partial charge is 0.497 e. The summed E-state index contributed by atoms with van der Waals surface area (Å²) in [6.07, 6.45) is 3.22. The van der Waals surface area contributed by atoms with Crippen molar-refractivity contribution < 1.29 is 14.6 Å². The molecule has 0 aliphatic carbocycles. The predicted octanol–water partition coefficient (Wildman–Crippen LogP) is 3.50. The van der Waals surface area contributed by atoms with Crippen LogP contribution in [-0.2, 0) is 11.3 Å². The number of allylic oxidation sites excluding steroid dienone is 1. The van der Waals surface area contributed by atoms with Crippen LogP contribution in [0.15, 0.2) is 35.4 Å². The van der Waals surface area contributed by atoms with Crippen molar-refractivity contribution in [2.45, 2.75) is 32.5 Å². The molecule has 0 spiro atoms. The van der Waals surface area contributed by atoms with E-state index in [1.165, 1.54) is 0 Å². The van der Waals surface area contributed by atoms with Crippen molar-refractivity contribution >= 4 is 11.6 Å². The summed E-state index contributed by atoms with van der Waals surface area (Å²) in [6, 6.07) is 7.75. The number of aliphatic hydroxyl groups excluding tert-OH is 1. The van der Waals surface area contributed by atoms with Crippen LogP contribution in [0, 0.1) is 0 Å². The zero-order valence-corrected chi connectivity index (χ0v) is 12.2. The minimum Gasteiger partial charge on any atom is -0.497 e. The van der Waals surface area contributed by atoms with Crippen molar-refractivity contribution in [2.75, 3.05) is 13.7 Å². The third kappa shape index (κ3) is 6.62. The van der Waals surface area contributed by atoms with Crippen LogP contribution >= 0.6 is 11.6 Å². The van der Waals surface area contributed by atoms with Gasteiger partial charge in [-0.25, -0.2) is 0 Å². The number of methoxy groups -OCH3 is 1. The molecular formula is C15H21ClO3. The molecule has 0 unspecified atom stereocenters. The van der Waals surface area contributed by atoms with Gasteiger partial charge in [-0.05, 0) is 37.5 Å². The van der Waals surface area contributed by atoms with E-state index < -0.39 is 0 Å². The molecule has 4 heteroatoms. The molecule has 1 N–H and O–H groups in total. The lowest BCUT2D eigenvalue weighted by Gasteiger charge is -2.15. The van der Waals surface area contributed by atoms with E-state index in [9.17, 15) is 0 Å². The fourth-order valence-corrected chi connectivity index (χ4v) is 1.73. The Labute approximate surface area is 119 Å². The second kappa shape index (κ2) is 8.97. The summed E-state index contributed by atoms with van der Waals surface area (Å²) >= 11 is 5.80. The standard InChI is InChI=1S/C15H21ClO3/c1-12(16)3-6-15(9-10-17)19-11-13-4-7-14(18-2)8-5-13/h3-5,7-8,15,17H,6,9-11H2,1-2H3/t15-/m0/s1. The van der Waals surface area contributed by atoms with E-state index in [0.717, 1.165) is 16.3 Å². The molecule has 0 saturated heterocycles. The molecule has 0 aliphatic rings. The Morgan fingerprint density at radius 1 is 1.37 bits per heavy atom. The maximum absolute atomic E-state index is 9.02. The molecule has 0 saturated carbocycles. The zero-order valence-electron chi connectivity index (χ0n) is 11.4. The van der Waals surface area contributed by atoms with Crippen LogP contribution in [0.5, 0.6) is 5.75 Å². The first-order chi connectivity index (χ1) is 9.15. The van der Waals surface area contributed by atoms with Gasteiger partial charge in [-0.2, -0.15) is 0 Å². The highest BCUT2D eigenvalue weighted by atomic mass is 35.5. The van der Waals surface area contributed by atoms with E-state index in [-0.39, 0.29) is 12.7 Å². The number of ether oxygens (including phenoxy) is 2. The minimum absolute atomic E-state index is 0.0131. The van der Waals surface area contributed by atoms with Crippen LogP contribution in [0.3, 0.4) is 0 Å². The van der Waals surface area contributed by atoms with Gasteiger partial charge in [0.25, 0.3) is 0 Å². The Bertz CT molecular complexity index is 383. The summed E-state index contributed by atoms with van der Waals surface area (Å²) < 4.78 is 10.9. The maximum atomic E-state index is 9.02. The van der Waals surface area contributed by atoms with Crippen LogP contribution in [-0.4, -0.2) is 24.9 Å². The van der Waals surface area contributed by atoms with Crippen molar-refractivity contribution in [3.8, 4) is 5.75 Å². The first kappa shape index (κ1) is 16.0. The van der Waals surface area contributed by atoms with Crippen molar-refractivity contribution in [2.24, 2.45) is 0 Å². The van der Waals surface area contributed by atoms with E-state index in [1.807, 2.05) is 37.3 Å². The van der Waals surface area contributed by atoms with E-state index in [1.54, 1.807) is 7.11 Å². The average Bonchev–Trinajstić information content (AvgIpc) is 2.42. The molecule has 0 radical (unpaired) electrons. The molecule has 1 atom stereocenters. The molecule has 0 bridgehead atoms. The molecule has 19 heavy (non-hydrogen) atoms. The van der Waals surface area contributed by atoms with Gasteiger partial charge in [-0.1, -0.05) is 29.8 Å². The van der Waals surface area contributed by atoms with Crippen molar-refractivity contribution in [3.63, 3.8) is 0 Å². The maximum Gasteiger partial charge on any atom is 0.118 e. The summed E-state index contributed by atoms with van der Waals surface area (Å²) in [5, 5.41) is 9.76. The molecule has 1 aromatic carbocycles.